The molecule has 1 aliphatic rings. The molecule has 0 aliphatic carbocycles. The molecule has 1 aromatic rings. The Kier molecular flexibility index (Phi) is 3.13. The van der Waals surface area contributed by atoms with E-state index in [4.69, 9.17) is 4.74 Å². The zero-order valence-corrected chi connectivity index (χ0v) is 9.48. The highest BCUT2D eigenvalue weighted by molar-refractivity contribution is 7.89. The lowest BCUT2D eigenvalue weighted by Gasteiger charge is -2.26. The molecule has 0 bridgehead atoms. The Hall–Kier alpha value is -1.11. The first kappa shape index (κ1) is 11.4. The minimum atomic E-state index is -3.59. The summed E-state index contributed by atoms with van der Waals surface area (Å²) in [6.45, 7) is 1.45. The predicted octanol–water partition coefficient (Wildman–Crippen LogP) is 0.413. The van der Waals surface area contributed by atoms with Crippen molar-refractivity contribution in [1.29, 1.82) is 0 Å². The van der Waals surface area contributed by atoms with Crippen LogP contribution in [0.3, 0.4) is 0 Å². The lowest BCUT2D eigenvalue weighted by Crippen LogP contribution is -2.40. The van der Waals surface area contributed by atoms with Gasteiger partial charge in [-0.15, -0.1) is 0 Å². The second-order valence-electron chi connectivity index (χ2n) is 3.48. The quantitative estimate of drug-likeness (QED) is 0.817. The van der Waals surface area contributed by atoms with E-state index in [2.05, 4.69) is 0 Å². The van der Waals surface area contributed by atoms with Gasteiger partial charge in [-0.2, -0.15) is 4.31 Å². The van der Waals surface area contributed by atoms with Crippen molar-refractivity contribution >= 4 is 10.0 Å². The molecule has 5 nitrogen and oxygen atoms in total. The van der Waals surface area contributed by atoms with Crippen LogP contribution in [-0.2, 0) is 14.8 Å². The van der Waals surface area contributed by atoms with E-state index in [0.29, 0.717) is 26.3 Å². The van der Waals surface area contributed by atoms with Crippen LogP contribution in [0, 0.1) is 0 Å². The summed E-state index contributed by atoms with van der Waals surface area (Å²) in [4.78, 5) is -0.0445. The van der Waals surface area contributed by atoms with Gasteiger partial charge in [0.2, 0.25) is 10.0 Å². The Bertz CT molecular complexity index is 465. The number of benzene rings is 1. The Morgan fingerprint density at radius 1 is 1.19 bits per heavy atom. The van der Waals surface area contributed by atoms with Gasteiger partial charge in [-0.3, -0.25) is 0 Å². The first-order valence-electron chi connectivity index (χ1n) is 4.98. The number of phenols is 1. The zero-order chi connectivity index (χ0) is 11.6. The van der Waals surface area contributed by atoms with Gasteiger partial charge in [0.15, 0.2) is 0 Å². The van der Waals surface area contributed by atoms with Crippen molar-refractivity contribution in [2.45, 2.75) is 4.90 Å². The first-order valence-corrected chi connectivity index (χ1v) is 6.42. The fraction of sp³-hybridized carbons (Fsp3) is 0.400. The summed E-state index contributed by atoms with van der Waals surface area (Å²) in [5.74, 6) is -0.214. The van der Waals surface area contributed by atoms with Gasteiger partial charge in [-0.1, -0.05) is 12.1 Å². The number of morpholine rings is 1. The van der Waals surface area contributed by atoms with E-state index >= 15 is 0 Å². The summed E-state index contributed by atoms with van der Waals surface area (Å²) in [6.07, 6.45) is 0. The number of sulfonamides is 1. The summed E-state index contributed by atoms with van der Waals surface area (Å²) in [5.41, 5.74) is 0. The Morgan fingerprint density at radius 2 is 1.81 bits per heavy atom. The van der Waals surface area contributed by atoms with Crippen molar-refractivity contribution < 1.29 is 18.3 Å². The third kappa shape index (κ3) is 2.04. The van der Waals surface area contributed by atoms with Gasteiger partial charge in [0.05, 0.1) is 13.2 Å². The van der Waals surface area contributed by atoms with Gasteiger partial charge in [0, 0.05) is 13.1 Å². The Labute approximate surface area is 94.3 Å². The highest BCUT2D eigenvalue weighted by Gasteiger charge is 2.28. The van der Waals surface area contributed by atoms with Crippen LogP contribution in [0.5, 0.6) is 5.75 Å². The third-order valence-corrected chi connectivity index (χ3v) is 4.40. The minimum absolute atomic E-state index is 0.0445. The van der Waals surface area contributed by atoms with Crippen LogP contribution in [0.2, 0.25) is 0 Å². The lowest BCUT2D eigenvalue weighted by molar-refractivity contribution is 0.0729. The first-order chi connectivity index (χ1) is 7.62. The molecule has 0 saturated carbocycles. The molecule has 6 heteroatoms. The number of nitrogens with zero attached hydrogens (tertiary/aromatic N) is 1. The maximum atomic E-state index is 12.1. The summed E-state index contributed by atoms with van der Waals surface area (Å²) >= 11 is 0. The Balaban J connectivity index is 2.35. The average Bonchev–Trinajstić information content (AvgIpc) is 2.30. The summed E-state index contributed by atoms with van der Waals surface area (Å²) in [5, 5.41) is 9.54. The van der Waals surface area contributed by atoms with Gasteiger partial charge < -0.3 is 9.84 Å². The topological polar surface area (TPSA) is 66.8 Å². The van der Waals surface area contributed by atoms with Crippen molar-refractivity contribution in [2.24, 2.45) is 0 Å². The van der Waals surface area contributed by atoms with Gasteiger partial charge >= 0.3 is 0 Å². The second kappa shape index (κ2) is 4.40. The number of rotatable bonds is 2. The van der Waals surface area contributed by atoms with Crippen LogP contribution in [0.4, 0.5) is 0 Å². The van der Waals surface area contributed by atoms with Crippen molar-refractivity contribution in [2.75, 3.05) is 26.3 Å². The van der Waals surface area contributed by atoms with E-state index < -0.39 is 10.0 Å². The fourth-order valence-corrected chi connectivity index (χ4v) is 3.09. The standard InChI is InChI=1S/C10H13NO4S/c12-9-3-1-2-4-10(9)16(13,14)11-5-7-15-8-6-11/h1-4,12H,5-8H2. The molecule has 0 amide bonds. The molecule has 1 saturated heterocycles. The van der Waals surface area contributed by atoms with E-state index in [0.717, 1.165) is 0 Å². The molecular formula is C10H13NO4S. The van der Waals surface area contributed by atoms with Gasteiger partial charge in [0.1, 0.15) is 10.6 Å². The van der Waals surface area contributed by atoms with Gasteiger partial charge in [-0.05, 0) is 12.1 Å². The van der Waals surface area contributed by atoms with Crippen LogP contribution in [0.15, 0.2) is 29.2 Å². The van der Waals surface area contributed by atoms with E-state index in [-0.39, 0.29) is 10.6 Å². The molecule has 0 unspecified atom stereocenters. The van der Waals surface area contributed by atoms with Crippen LogP contribution >= 0.6 is 0 Å². The minimum Gasteiger partial charge on any atom is -0.507 e. The van der Waals surface area contributed by atoms with Gasteiger partial charge in [-0.25, -0.2) is 8.42 Å². The molecule has 0 atom stereocenters. The molecule has 88 valence electrons. The summed E-state index contributed by atoms with van der Waals surface area (Å²) < 4.78 is 30.7. The second-order valence-corrected chi connectivity index (χ2v) is 5.39. The number of ether oxygens (including phenoxy) is 1. The normalized spacial score (nSPS) is 18.5. The maximum absolute atomic E-state index is 12.1. The van der Waals surface area contributed by atoms with Crippen molar-refractivity contribution in [3.05, 3.63) is 24.3 Å². The average molecular weight is 243 g/mol. The molecule has 1 fully saturated rings. The maximum Gasteiger partial charge on any atom is 0.246 e. The van der Waals surface area contributed by atoms with E-state index in [1.807, 2.05) is 0 Å². The third-order valence-electron chi connectivity index (χ3n) is 2.45. The lowest BCUT2D eigenvalue weighted by atomic mass is 10.3. The van der Waals surface area contributed by atoms with Crippen LogP contribution in [0.25, 0.3) is 0 Å². The smallest absolute Gasteiger partial charge is 0.246 e. The largest absolute Gasteiger partial charge is 0.507 e. The molecule has 0 radical (unpaired) electrons. The molecule has 16 heavy (non-hydrogen) atoms. The molecule has 1 heterocycles. The molecule has 1 N–H and O–H groups in total. The monoisotopic (exact) mass is 243 g/mol. The number of phenolic OH excluding ortho intramolecular Hbond substituents is 1. The number of hydrogen-bond acceptors (Lipinski definition) is 4. The molecule has 0 aromatic heterocycles. The zero-order valence-electron chi connectivity index (χ0n) is 8.67. The number of aromatic hydroxyl groups is 1. The molecule has 0 spiro atoms. The van der Waals surface area contributed by atoms with Gasteiger partial charge in [0.25, 0.3) is 0 Å². The highest BCUT2D eigenvalue weighted by Crippen LogP contribution is 2.25. The van der Waals surface area contributed by atoms with Crippen molar-refractivity contribution in [1.82, 2.24) is 4.31 Å². The van der Waals surface area contributed by atoms with Crippen LogP contribution in [-0.4, -0.2) is 44.1 Å². The van der Waals surface area contributed by atoms with Crippen molar-refractivity contribution in [3.63, 3.8) is 0 Å². The fourth-order valence-electron chi connectivity index (χ4n) is 1.60. The highest BCUT2D eigenvalue weighted by atomic mass is 32.2. The van der Waals surface area contributed by atoms with Crippen LogP contribution in [0.1, 0.15) is 0 Å². The van der Waals surface area contributed by atoms with Crippen LogP contribution < -0.4 is 0 Å². The number of hydrogen-bond donors (Lipinski definition) is 1. The summed E-state index contributed by atoms with van der Waals surface area (Å²) in [6, 6.07) is 5.95. The molecular weight excluding hydrogens is 230 g/mol. The van der Waals surface area contributed by atoms with Crippen molar-refractivity contribution in [3.8, 4) is 5.75 Å². The molecule has 1 aliphatic heterocycles. The molecule has 2 rings (SSSR count). The van der Waals surface area contributed by atoms with E-state index in [1.54, 1.807) is 12.1 Å². The summed E-state index contributed by atoms with van der Waals surface area (Å²) in [7, 11) is -3.59. The van der Waals surface area contributed by atoms with E-state index in [9.17, 15) is 13.5 Å². The molecule has 1 aromatic carbocycles. The SMILES string of the molecule is O=S(=O)(c1ccccc1O)N1CCOCC1. The number of para-hydroxylation sites is 1. The Morgan fingerprint density at radius 3 is 2.44 bits per heavy atom. The van der Waals surface area contributed by atoms with E-state index in [1.165, 1.54) is 16.4 Å². The predicted molar refractivity (Wildman–Crippen MR) is 57.7 cm³/mol.